The number of alkyl halides is 3. The van der Waals surface area contributed by atoms with Crippen LogP contribution in [0.4, 0.5) is 13.2 Å². The maximum Gasteiger partial charge on any atom is 0.416 e. The maximum atomic E-state index is 12.6. The monoisotopic (exact) mass is 452 g/mol. The van der Waals surface area contributed by atoms with Gasteiger partial charge in [0.05, 0.1) is 5.56 Å². The normalized spacial score (nSPS) is 21.4. The molecule has 1 aliphatic carbocycles. The summed E-state index contributed by atoms with van der Waals surface area (Å²) in [5, 5.41) is 0.914. The highest BCUT2D eigenvalue weighted by molar-refractivity contribution is 7.91. The fraction of sp³-hybridized carbons (Fsp3) is 0.333. The summed E-state index contributed by atoms with van der Waals surface area (Å²) in [6.45, 7) is 0. The molecule has 1 fully saturated rings. The van der Waals surface area contributed by atoms with E-state index in [4.69, 9.17) is 11.6 Å². The van der Waals surface area contributed by atoms with Crippen molar-refractivity contribution in [3.63, 3.8) is 0 Å². The number of rotatable bonds is 6. The van der Waals surface area contributed by atoms with E-state index in [0.29, 0.717) is 16.7 Å². The zero-order chi connectivity index (χ0) is 21.6. The Morgan fingerprint density at radius 1 is 0.933 bits per heavy atom. The van der Waals surface area contributed by atoms with Gasteiger partial charge in [-0.2, -0.15) is 13.2 Å². The fourth-order valence-electron chi connectivity index (χ4n) is 3.58. The zero-order valence-electron chi connectivity index (χ0n) is 16.4. The van der Waals surface area contributed by atoms with Gasteiger partial charge in [-0.3, -0.25) is 0 Å². The molecule has 6 heteroatoms. The first-order valence-corrected chi connectivity index (χ1v) is 11.7. The van der Waals surface area contributed by atoms with E-state index >= 15 is 0 Å². The number of hydrogen-bond acceptors (Lipinski definition) is 1. The van der Waals surface area contributed by atoms with Crippen molar-refractivity contribution in [3.8, 4) is 0 Å². The molecule has 0 aliphatic heterocycles. The van der Waals surface area contributed by atoms with Gasteiger partial charge in [0.1, 0.15) is 11.0 Å². The van der Waals surface area contributed by atoms with Gasteiger partial charge in [-0.1, -0.05) is 60.2 Å². The molecule has 30 heavy (non-hydrogen) atoms. The molecule has 160 valence electrons. The highest BCUT2D eigenvalue weighted by atomic mass is 35.5. The first-order valence-electron chi connectivity index (χ1n) is 9.95. The van der Waals surface area contributed by atoms with Crippen LogP contribution in [-0.4, -0.2) is 9.80 Å². The SMILES string of the molecule is [O-][S+](Cc1ccc(Cl)cc1)[C@H]1CC[C@H](C=CC=Cc2ccc(C(F)(F)F)cc2)CC1. The Morgan fingerprint density at radius 3 is 2.17 bits per heavy atom. The highest BCUT2D eigenvalue weighted by Gasteiger charge is 2.30. The van der Waals surface area contributed by atoms with Crippen LogP contribution >= 0.6 is 11.6 Å². The average Bonchev–Trinajstić information content (AvgIpc) is 2.73. The van der Waals surface area contributed by atoms with Crippen LogP contribution in [0.25, 0.3) is 6.08 Å². The van der Waals surface area contributed by atoms with Crippen molar-refractivity contribution in [1.82, 2.24) is 0 Å². The van der Waals surface area contributed by atoms with E-state index in [-0.39, 0.29) is 5.25 Å². The summed E-state index contributed by atoms with van der Waals surface area (Å²) in [7, 11) is 0. The number of hydrogen-bond donors (Lipinski definition) is 0. The smallest absolute Gasteiger partial charge is 0.416 e. The Morgan fingerprint density at radius 2 is 1.57 bits per heavy atom. The van der Waals surface area contributed by atoms with Gasteiger partial charge in [-0.05, 0) is 72.6 Å². The molecule has 0 heterocycles. The summed E-state index contributed by atoms with van der Waals surface area (Å²) in [5.41, 5.74) is 1.14. The van der Waals surface area contributed by atoms with Crippen molar-refractivity contribution < 1.29 is 17.7 Å². The minimum absolute atomic E-state index is 0.230. The molecule has 3 rings (SSSR count). The van der Waals surface area contributed by atoms with Crippen LogP contribution in [0, 0.1) is 5.92 Å². The Bertz CT molecular complexity index is 852. The van der Waals surface area contributed by atoms with Crippen molar-refractivity contribution in [2.75, 3.05) is 0 Å². The molecule has 1 nitrogen and oxygen atoms in total. The predicted octanol–water partition coefficient (Wildman–Crippen LogP) is 7.44. The van der Waals surface area contributed by atoms with E-state index < -0.39 is 22.9 Å². The molecule has 1 aliphatic rings. The van der Waals surface area contributed by atoms with Crippen molar-refractivity contribution in [1.29, 1.82) is 0 Å². The van der Waals surface area contributed by atoms with Crippen LogP contribution in [0.1, 0.15) is 42.4 Å². The average molecular weight is 453 g/mol. The van der Waals surface area contributed by atoms with Crippen molar-refractivity contribution in [2.45, 2.75) is 42.9 Å². The van der Waals surface area contributed by atoms with E-state index in [1.807, 2.05) is 36.4 Å². The zero-order valence-corrected chi connectivity index (χ0v) is 18.0. The first-order chi connectivity index (χ1) is 14.3. The predicted molar refractivity (Wildman–Crippen MR) is 119 cm³/mol. The third-order valence-corrected chi connectivity index (χ3v) is 7.42. The molecule has 0 saturated heterocycles. The van der Waals surface area contributed by atoms with Crippen LogP contribution in [-0.2, 0) is 23.1 Å². The molecule has 0 amide bonds. The van der Waals surface area contributed by atoms with Gasteiger partial charge in [-0.15, -0.1) is 0 Å². The third kappa shape index (κ3) is 6.93. The Hall–Kier alpha value is -1.69. The minimum Gasteiger partial charge on any atom is -0.616 e. The lowest BCUT2D eigenvalue weighted by Crippen LogP contribution is -2.27. The summed E-state index contributed by atoms with van der Waals surface area (Å²) in [5.74, 6) is 1.02. The van der Waals surface area contributed by atoms with Gasteiger partial charge in [0.25, 0.3) is 0 Å². The van der Waals surface area contributed by atoms with Crippen molar-refractivity contribution >= 4 is 28.9 Å². The van der Waals surface area contributed by atoms with E-state index in [2.05, 4.69) is 6.08 Å². The molecule has 1 atom stereocenters. The lowest BCUT2D eigenvalue weighted by atomic mass is 9.88. The van der Waals surface area contributed by atoms with Crippen LogP contribution in [0.5, 0.6) is 0 Å². The second-order valence-electron chi connectivity index (χ2n) is 7.55. The van der Waals surface area contributed by atoms with Crippen LogP contribution in [0.3, 0.4) is 0 Å². The van der Waals surface area contributed by atoms with Gasteiger partial charge in [-0.25, -0.2) is 0 Å². The number of halogens is 4. The molecule has 2 aromatic carbocycles. The van der Waals surface area contributed by atoms with Crippen LogP contribution in [0.2, 0.25) is 5.02 Å². The molecule has 1 unspecified atom stereocenters. The molecule has 1 saturated carbocycles. The van der Waals surface area contributed by atoms with Crippen LogP contribution < -0.4 is 0 Å². The highest BCUT2D eigenvalue weighted by Crippen LogP contribution is 2.31. The molecule has 0 aromatic heterocycles. The second kappa shape index (κ2) is 10.6. The molecule has 0 spiro atoms. The first kappa shape index (κ1) is 23.0. The summed E-state index contributed by atoms with van der Waals surface area (Å²) in [6.07, 6.45) is 7.32. The van der Waals surface area contributed by atoms with E-state index in [0.717, 1.165) is 48.9 Å². The third-order valence-electron chi connectivity index (χ3n) is 5.33. The summed E-state index contributed by atoms with van der Waals surface area (Å²) < 4.78 is 50.4. The van der Waals surface area contributed by atoms with Gasteiger partial charge < -0.3 is 4.55 Å². The summed E-state index contributed by atoms with van der Waals surface area (Å²) >= 11 is 5.01. The van der Waals surface area contributed by atoms with Gasteiger partial charge >= 0.3 is 6.18 Å². The summed E-state index contributed by atoms with van der Waals surface area (Å²) in [6, 6.07) is 12.6. The Labute approximate surface area is 183 Å². The molecule has 0 radical (unpaired) electrons. The van der Waals surface area contributed by atoms with Crippen molar-refractivity contribution in [3.05, 3.63) is 88.5 Å². The molecule has 0 bridgehead atoms. The van der Waals surface area contributed by atoms with Gasteiger partial charge in [0.2, 0.25) is 0 Å². The largest absolute Gasteiger partial charge is 0.616 e. The lowest BCUT2D eigenvalue weighted by Gasteiger charge is -2.28. The number of benzene rings is 2. The summed E-state index contributed by atoms with van der Waals surface area (Å²) in [4.78, 5) is 0. The van der Waals surface area contributed by atoms with Crippen molar-refractivity contribution in [2.24, 2.45) is 5.92 Å². The topological polar surface area (TPSA) is 23.1 Å². The second-order valence-corrected chi connectivity index (χ2v) is 9.71. The Kier molecular flexibility index (Phi) is 8.09. The fourth-order valence-corrected chi connectivity index (χ4v) is 5.26. The van der Waals surface area contributed by atoms with E-state index in [1.165, 1.54) is 12.1 Å². The Balaban J connectivity index is 1.43. The van der Waals surface area contributed by atoms with E-state index in [9.17, 15) is 17.7 Å². The van der Waals surface area contributed by atoms with Gasteiger partial charge in [0, 0.05) is 10.6 Å². The van der Waals surface area contributed by atoms with Crippen LogP contribution in [0.15, 0.2) is 66.8 Å². The molecular weight excluding hydrogens is 429 g/mol. The van der Waals surface area contributed by atoms with E-state index in [1.54, 1.807) is 6.08 Å². The number of allylic oxidation sites excluding steroid dienone is 3. The maximum absolute atomic E-state index is 12.6. The molecular formula is C24H24ClF3OS. The quantitative estimate of drug-likeness (QED) is 0.330. The standard InChI is InChI=1S/C24H24ClF3OS/c25-22-13-7-20(8-14-22)17-30(29)23-15-9-19(10-16-23)4-2-1-3-18-5-11-21(12-6-18)24(26,27)28/h1-8,11-14,19,23H,9-10,15-17H2/t19-,23-,30?. The molecule has 0 N–H and O–H groups in total. The van der Waals surface area contributed by atoms with Gasteiger partial charge in [0.15, 0.2) is 0 Å². The lowest BCUT2D eigenvalue weighted by molar-refractivity contribution is -0.137. The minimum atomic E-state index is -4.31. The molecule has 2 aromatic rings.